The van der Waals surface area contributed by atoms with E-state index in [0.29, 0.717) is 0 Å². The zero-order chi connectivity index (χ0) is 29.2. The van der Waals surface area contributed by atoms with Gasteiger partial charge in [0.15, 0.2) is 0 Å². The molecule has 16 heteroatoms. The Hall–Kier alpha value is -5.41. The smallest absolute Gasteiger partial charge is 0.326 e. The van der Waals surface area contributed by atoms with Gasteiger partial charge >= 0.3 is 5.97 Å². The van der Waals surface area contributed by atoms with Crippen LogP contribution in [0.15, 0.2) is 55.8 Å². The van der Waals surface area contributed by atoms with Gasteiger partial charge in [0.05, 0.1) is 18.6 Å². The van der Waals surface area contributed by atoms with Crippen molar-refractivity contribution in [1.29, 1.82) is 0 Å². The fourth-order valence-electron chi connectivity index (χ4n) is 4.19. The standard InChI is InChI=1S/C25H26N10O6/c36-21(17-11-26-4-7-29-17)32-3-1-2-16(25(40)41)34-23(38)20-10-15(33-22(37)18-12-27-5-8-30-18)14-35(20)24(39)19-13-28-6-9-31-19/h4-9,11-13,15-16,20H,1-3,10,14H2,(H,32,36)(H,33,37)(H,34,38)(H,40,41). The first-order valence-electron chi connectivity index (χ1n) is 12.5. The first kappa shape index (κ1) is 28.6. The van der Waals surface area contributed by atoms with Crippen LogP contribution in [0.25, 0.3) is 0 Å². The summed E-state index contributed by atoms with van der Waals surface area (Å²) in [5.74, 6) is -3.60. The molecule has 3 aromatic rings. The summed E-state index contributed by atoms with van der Waals surface area (Å²) in [5.41, 5.74) is 0.162. The van der Waals surface area contributed by atoms with Crippen LogP contribution in [0.5, 0.6) is 0 Å². The lowest BCUT2D eigenvalue weighted by Gasteiger charge is -2.25. The third kappa shape index (κ3) is 7.59. The SMILES string of the molecule is O=C(NCCCC(NC(=O)C1CC(NC(=O)c2cnccn2)CN1C(=O)c1cnccn1)C(=O)O)c1cnccn1. The molecule has 0 aliphatic carbocycles. The molecule has 3 unspecified atom stereocenters. The normalized spacial score (nSPS) is 16.8. The Kier molecular flexibility index (Phi) is 9.48. The Balaban J connectivity index is 1.40. The second-order valence-corrected chi connectivity index (χ2v) is 8.95. The van der Waals surface area contributed by atoms with E-state index in [1.165, 1.54) is 60.7 Å². The molecule has 212 valence electrons. The molecule has 3 aromatic heterocycles. The summed E-state index contributed by atoms with van der Waals surface area (Å²) < 4.78 is 0. The number of hydrogen-bond acceptors (Lipinski definition) is 11. The van der Waals surface area contributed by atoms with Crippen molar-refractivity contribution in [3.8, 4) is 0 Å². The molecule has 1 aliphatic heterocycles. The summed E-state index contributed by atoms with van der Waals surface area (Å²) in [6.07, 6.45) is 12.4. The molecular weight excluding hydrogens is 536 g/mol. The monoisotopic (exact) mass is 562 g/mol. The number of carboxylic acids is 1. The van der Waals surface area contributed by atoms with Crippen LogP contribution >= 0.6 is 0 Å². The molecule has 3 atom stereocenters. The van der Waals surface area contributed by atoms with Crippen molar-refractivity contribution in [2.45, 2.75) is 37.4 Å². The van der Waals surface area contributed by atoms with Crippen LogP contribution in [0, 0.1) is 0 Å². The molecule has 1 fully saturated rings. The summed E-state index contributed by atoms with van der Waals surface area (Å²) in [6.45, 7) is 0.0951. The second-order valence-electron chi connectivity index (χ2n) is 8.95. The number of rotatable bonds is 11. The van der Waals surface area contributed by atoms with E-state index < -0.39 is 47.7 Å². The Morgan fingerprint density at radius 1 is 0.854 bits per heavy atom. The van der Waals surface area contributed by atoms with Gasteiger partial charge in [-0.3, -0.25) is 34.1 Å². The highest BCUT2D eigenvalue weighted by Gasteiger charge is 2.42. The number of carboxylic acid groups (broad SMARTS) is 1. The van der Waals surface area contributed by atoms with Gasteiger partial charge in [0, 0.05) is 56.3 Å². The number of hydrogen-bond donors (Lipinski definition) is 4. The molecule has 0 bridgehead atoms. The topological polar surface area (TPSA) is 222 Å². The summed E-state index contributed by atoms with van der Waals surface area (Å²) in [5, 5.41) is 17.6. The van der Waals surface area contributed by atoms with E-state index >= 15 is 0 Å². The number of nitrogens with one attached hydrogen (secondary N) is 3. The second kappa shape index (κ2) is 13.6. The minimum absolute atomic E-state index is 0.000506. The van der Waals surface area contributed by atoms with Gasteiger partial charge in [-0.15, -0.1) is 0 Å². The van der Waals surface area contributed by atoms with Crippen molar-refractivity contribution >= 4 is 29.6 Å². The molecule has 16 nitrogen and oxygen atoms in total. The van der Waals surface area contributed by atoms with Gasteiger partial charge in [0.2, 0.25) is 5.91 Å². The van der Waals surface area contributed by atoms with E-state index in [9.17, 15) is 29.1 Å². The molecule has 1 saturated heterocycles. The first-order chi connectivity index (χ1) is 19.8. The van der Waals surface area contributed by atoms with Crippen LogP contribution in [0.1, 0.15) is 50.7 Å². The first-order valence-corrected chi connectivity index (χ1v) is 12.5. The van der Waals surface area contributed by atoms with Crippen molar-refractivity contribution in [3.63, 3.8) is 0 Å². The van der Waals surface area contributed by atoms with Gasteiger partial charge in [0.1, 0.15) is 29.2 Å². The van der Waals surface area contributed by atoms with Crippen LogP contribution in [0.2, 0.25) is 0 Å². The third-order valence-corrected chi connectivity index (χ3v) is 6.14. The van der Waals surface area contributed by atoms with E-state index in [0.717, 1.165) is 0 Å². The molecule has 0 radical (unpaired) electrons. The van der Waals surface area contributed by atoms with Gasteiger partial charge in [-0.25, -0.2) is 19.7 Å². The average molecular weight is 563 g/mol. The number of likely N-dealkylation sites (tertiary alicyclic amines) is 1. The van der Waals surface area contributed by atoms with Crippen molar-refractivity contribution in [1.82, 2.24) is 50.8 Å². The number of nitrogens with zero attached hydrogens (tertiary/aromatic N) is 7. The molecule has 0 aromatic carbocycles. The molecule has 0 spiro atoms. The highest BCUT2D eigenvalue weighted by molar-refractivity contribution is 5.98. The van der Waals surface area contributed by atoms with Crippen LogP contribution in [-0.2, 0) is 9.59 Å². The van der Waals surface area contributed by atoms with Crippen molar-refractivity contribution in [2.24, 2.45) is 0 Å². The van der Waals surface area contributed by atoms with E-state index in [4.69, 9.17) is 0 Å². The Morgan fingerprint density at radius 2 is 1.44 bits per heavy atom. The summed E-state index contributed by atoms with van der Waals surface area (Å²) >= 11 is 0. The van der Waals surface area contributed by atoms with Gasteiger partial charge in [-0.05, 0) is 19.3 Å². The quantitative estimate of drug-likeness (QED) is 0.203. The van der Waals surface area contributed by atoms with Crippen LogP contribution in [-0.4, -0.2) is 101 Å². The van der Waals surface area contributed by atoms with Crippen LogP contribution < -0.4 is 16.0 Å². The predicted octanol–water partition coefficient (Wildman–Crippen LogP) is -1.15. The fourth-order valence-corrected chi connectivity index (χ4v) is 4.19. The van der Waals surface area contributed by atoms with Crippen LogP contribution in [0.3, 0.4) is 0 Å². The van der Waals surface area contributed by atoms with E-state index in [1.807, 2.05) is 0 Å². The largest absolute Gasteiger partial charge is 0.480 e. The molecule has 4 N–H and O–H groups in total. The summed E-state index contributed by atoms with van der Waals surface area (Å²) in [6, 6.07) is -3.03. The van der Waals surface area contributed by atoms with Crippen molar-refractivity contribution in [3.05, 3.63) is 72.9 Å². The lowest BCUT2D eigenvalue weighted by atomic mass is 10.1. The zero-order valence-electron chi connectivity index (χ0n) is 21.6. The maximum absolute atomic E-state index is 13.3. The summed E-state index contributed by atoms with van der Waals surface area (Å²) in [7, 11) is 0. The van der Waals surface area contributed by atoms with Crippen molar-refractivity contribution < 1.29 is 29.1 Å². The van der Waals surface area contributed by atoms with Crippen LogP contribution in [0.4, 0.5) is 0 Å². The Labute approximate surface area is 233 Å². The Morgan fingerprint density at radius 3 is 2.00 bits per heavy atom. The Bertz CT molecular complexity index is 1380. The highest BCUT2D eigenvalue weighted by Crippen LogP contribution is 2.21. The number of carbonyl (C=O) groups is 5. The number of aromatic nitrogens is 6. The molecule has 4 heterocycles. The molecule has 4 amide bonds. The molecule has 0 saturated carbocycles. The number of carbonyl (C=O) groups excluding carboxylic acids is 4. The van der Waals surface area contributed by atoms with Gasteiger partial charge in [0.25, 0.3) is 17.7 Å². The van der Waals surface area contributed by atoms with Crippen molar-refractivity contribution in [2.75, 3.05) is 13.1 Å². The van der Waals surface area contributed by atoms with Gasteiger partial charge < -0.3 is 26.0 Å². The van der Waals surface area contributed by atoms with Gasteiger partial charge in [-0.2, -0.15) is 0 Å². The lowest BCUT2D eigenvalue weighted by molar-refractivity contribution is -0.142. The lowest BCUT2D eigenvalue weighted by Crippen LogP contribution is -2.51. The van der Waals surface area contributed by atoms with E-state index in [2.05, 4.69) is 45.9 Å². The molecule has 41 heavy (non-hydrogen) atoms. The maximum Gasteiger partial charge on any atom is 0.326 e. The summed E-state index contributed by atoms with van der Waals surface area (Å²) in [4.78, 5) is 87.8. The number of amides is 4. The molecular formula is C25H26N10O6. The average Bonchev–Trinajstić information content (AvgIpc) is 3.43. The van der Waals surface area contributed by atoms with E-state index in [-0.39, 0.29) is 49.4 Å². The molecule has 1 aliphatic rings. The highest BCUT2D eigenvalue weighted by atomic mass is 16.4. The van der Waals surface area contributed by atoms with Gasteiger partial charge in [-0.1, -0.05) is 0 Å². The molecule has 4 rings (SSSR count). The zero-order valence-corrected chi connectivity index (χ0v) is 21.6. The predicted molar refractivity (Wildman–Crippen MR) is 138 cm³/mol. The maximum atomic E-state index is 13.3. The fraction of sp³-hybridized carbons (Fsp3) is 0.320. The third-order valence-electron chi connectivity index (χ3n) is 6.14. The minimum atomic E-state index is -1.29. The minimum Gasteiger partial charge on any atom is -0.480 e. The number of aliphatic carboxylic acids is 1. The van der Waals surface area contributed by atoms with E-state index in [1.54, 1.807) is 0 Å².